The lowest BCUT2D eigenvalue weighted by molar-refractivity contribution is -0.00711. The minimum Gasteiger partial charge on any atom is -0.479 e. The number of piperidine rings is 1. The number of ether oxygens (including phenoxy) is 1. The van der Waals surface area contributed by atoms with Gasteiger partial charge in [-0.15, -0.1) is 0 Å². The van der Waals surface area contributed by atoms with Gasteiger partial charge in [0.25, 0.3) is 0 Å². The van der Waals surface area contributed by atoms with E-state index in [2.05, 4.69) is 40.9 Å². The highest BCUT2D eigenvalue weighted by atomic mass is 16.5. The Morgan fingerprint density at radius 3 is 2.81 bits per heavy atom. The van der Waals surface area contributed by atoms with Gasteiger partial charge in [-0.05, 0) is 31.3 Å². The van der Waals surface area contributed by atoms with Crippen LogP contribution in [0, 0.1) is 11.3 Å². The van der Waals surface area contributed by atoms with Crippen LogP contribution in [0.15, 0.2) is 36.5 Å². The largest absolute Gasteiger partial charge is 0.479 e. The Hall–Kier alpha value is -2.25. The molecule has 2 aliphatic heterocycles. The van der Waals surface area contributed by atoms with Crippen LogP contribution in [-0.4, -0.2) is 29.6 Å². The zero-order chi connectivity index (χ0) is 14.4. The zero-order valence-electron chi connectivity index (χ0n) is 12.0. The Bertz CT molecular complexity index is 733. The van der Waals surface area contributed by atoms with Crippen LogP contribution in [0.3, 0.4) is 0 Å². The maximum Gasteiger partial charge on any atom is 0.152 e. The van der Waals surface area contributed by atoms with Crippen LogP contribution in [0.4, 0.5) is 0 Å². The molecule has 1 aromatic carbocycles. The Labute approximate surface area is 124 Å². The molecule has 0 aliphatic carbocycles. The van der Waals surface area contributed by atoms with Crippen LogP contribution in [0.2, 0.25) is 0 Å². The predicted octanol–water partition coefficient (Wildman–Crippen LogP) is 2.66. The van der Waals surface area contributed by atoms with Crippen LogP contribution in [-0.2, 0) is 5.60 Å². The molecule has 1 spiro atoms. The summed E-state index contributed by atoms with van der Waals surface area (Å²) in [6.07, 6.45) is 4.04. The van der Waals surface area contributed by atoms with E-state index in [-0.39, 0.29) is 5.60 Å². The smallest absolute Gasteiger partial charge is 0.152 e. The van der Waals surface area contributed by atoms with E-state index in [1.165, 1.54) is 5.69 Å². The molecular weight excluding hydrogens is 262 g/mol. The van der Waals surface area contributed by atoms with E-state index in [1.54, 1.807) is 0 Å². The average Bonchev–Trinajstić information content (AvgIpc) is 3.00. The molecule has 0 unspecified atom stereocenters. The lowest BCUT2D eigenvalue weighted by Gasteiger charge is -2.44. The van der Waals surface area contributed by atoms with Gasteiger partial charge in [0.1, 0.15) is 5.75 Å². The molecule has 0 radical (unpaired) electrons. The number of fused-ring (bicyclic) bond motifs is 4. The molecule has 21 heavy (non-hydrogen) atoms. The van der Waals surface area contributed by atoms with Crippen LogP contribution in [0.1, 0.15) is 24.1 Å². The van der Waals surface area contributed by atoms with Crippen molar-refractivity contribution < 1.29 is 4.74 Å². The highest BCUT2D eigenvalue weighted by Gasteiger charge is 2.43. The highest BCUT2D eigenvalue weighted by molar-refractivity contribution is 5.55. The Morgan fingerprint density at radius 2 is 2.05 bits per heavy atom. The fourth-order valence-corrected chi connectivity index (χ4v) is 3.43. The van der Waals surface area contributed by atoms with E-state index in [0.717, 1.165) is 37.4 Å². The van der Waals surface area contributed by atoms with Gasteiger partial charge in [-0.3, -0.25) is 0 Å². The second-order valence-electron chi connectivity index (χ2n) is 5.96. The first kappa shape index (κ1) is 12.5. The van der Waals surface area contributed by atoms with Gasteiger partial charge in [0, 0.05) is 38.2 Å². The Morgan fingerprint density at radius 1 is 1.24 bits per heavy atom. The molecule has 0 bridgehead atoms. The van der Waals surface area contributed by atoms with Gasteiger partial charge in [-0.1, -0.05) is 0 Å². The predicted molar refractivity (Wildman–Crippen MR) is 79.5 cm³/mol. The van der Waals surface area contributed by atoms with E-state index >= 15 is 0 Å². The molecule has 106 valence electrons. The minimum atomic E-state index is -0.253. The third-order valence-electron chi connectivity index (χ3n) is 4.66. The van der Waals surface area contributed by atoms with Crippen molar-refractivity contribution in [1.29, 1.82) is 5.26 Å². The first-order valence-corrected chi connectivity index (χ1v) is 7.32. The number of hydrogen-bond acceptors (Lipinski definition) is 3. The maximum absolute atomic E-state index is 9.11. The van der Waals surface area contributed by atoms with Gasteiger partial charge >= 0.3 is 0 Å². The van der Waals surface area contributed by atoms with Gasteiger partial charge in [0.2, 0.25) is 0 Å². The molecule has 4 nitrogen and oxygen atoms in total. The first-order chi connectivity index (χ1) is 10.2. The molecule has 1 aromatic heterocycles. The molecular formula is C17H17N3O. The molecule has 1 fully saturated rings. The Kier molecular flexibility index (Phi) is 2.60. The molecule has 0 saturated carbocycles. The van der Waals surface area contributed by atoms with E-state index in [0.29, 0.717) is 5.56 Å². The standard InChI is InChI=1S/C17H17N3O/c1-19-9-6-17(7-10-19)16-3-2-8-20(16)14-5-4-13(12-18)11-15(14)21-17/h2-5,8,11H,6-7,9-10H2,1H3. The molecule has 1 saturated heterocycles. The van der Waals surface area contributed by atoms with E-state index in [9.17, 15) is 0 Å². The third kappa shape index (κ3) is 1.78. The van der Waals surface area contributed by atoms with Gasteiger partial charge in [0.15, 0.2) is 5.60 Å². The number of rotatable bonds is 0. The number of hydrogen-bond donors (Lipinski definition) is 0. The van der Waals surface area contributed by atoms with Crippen LogP contribution in [0.5, 0.6) is 5.75 Å². The summed E-state index contributed by atoms with van der Waals surface area (Å²) in [5.74, 6) is 0.822. The summed E-state index contributed by atoms with van der Waals surface area (Å²) in [6.45, 7) is 2.05. The lowest BCUT2D eigenvalue weighted by atomic mass is 9.86. The van der Waals surface area contributed by atoms with Crippen molar-refractivity contribution >= 4 is 0 Å². The average molecular weight is 279 g/mol. The second kappa shape index (κ2) is 4.37. The fourth-order valence-electron chi connectivity index (χ4n) is 3.43. The quantitative estimate of drug-likeness (QED) is 0.744. The van der Waals surface area contributed by atoms with Gasteiger partial charge in [-0.2, -0.15) is 5.26 Å². The number of benzene rings is 1. The summed E-state index contributed by atoms with van der Waals surface area (Å²) in [6, 6.07) is 12.1. The van der Waals surface area contributed by atoms with Crippen molar-refractivity contribution in [2.75, 3.05) is 20.1 Å². The molecule has 0 atom stereocenters. The molecule has 0 N–H and O–H groups in total. The highest BCUT2D eigenvalue weighted by Crippen LogP contribution is 2.45. The van der Waals surface area contributed by atoms with Crippen molar-refractivity contribution in [3.63, 3.8) is 0 Å². The third-order valence-corrected chi connectivity index (χ3v) is 4.66. The molecule has 0 amide bonds. The summed E-state index contributed by atoms with van der Waals surface area (Å²) >= 11 is 0. The SMILES string of the molecule is CN1CCC2(CC1)Oc1cc(C#N)ccc1-n1cccc12. The van der Waals surface area contributed by atoms with E-state index in [4.69, 9.17) is 10.00 Å². The van der Waals surface area contributed by atoms with Crippen molar-refractivity contribution in [1.82, 2.24) is 9.47 Å². The molecule has 2 aliphatic rings. The monoisotopic (exact) mass is 279 g/mol. The second-order valence-corrected chi connectivity index (χ2v) is 5.96. The van der Waals surface area contributed by atoms with Gasteiger partial charge in [0.05, 0.1) is 23.0 Å². The number of aromatic nitrogens is 1. The molecule has 3 heterocycles. The summed E-state index contributed by atoms with van der Waals surface area (Å²) in [5, 5.41) is 9.11. The van der Waals surface area contributed by atoms with Gasteiger partial charge in [-0.25, -0.2) is 0 Å². The zero-order valence-corrected chi connectivity index (χ0v) is 12.0. The molecule has 2 aromatic rings. The van der Waals surface area contributed by atoms with Crippen molar-refractivity contribution in [2.45, 2.75) is 18.4 Å². The van der Waals surface area contributed by atoms with Crippen LogP contribution >= 0.6 is 0 Å². The van der Waals surface area contributed by atoms with Crippen LogP contribution in [0.25, 0.3) is 5.69 Å². The van der Waals surface area contributed by atoms with Gasteiger partial charge < -0.3 is 14.2 Å². The summed E-state index contributed by atoms with van der Waals surface area (Å²) in [7, 11) is 2.15. The summed E-state index contributed by atoms with van der Waals surface area (Å²) in [5.41, 5.74) is 2.65. The number of nitriles is 1. The number of likely N-dealkylation sites (tertiary alicyclic amines) is 1. The minimum absolute atomic E-state index is 0.253. The fraction of sp³-hybridized carbons (Fsp3) is 0.353. The number of nitrogens with zero attached hydrogens (tertiary/aromatic N) is 3. The summed E-state index contributed by atoms with van der Waals surface area (Å²) < 4.78 is 8.65. The van der Waals surface area contributed by atoms with Crippen LogP contribution < -0.4 is 4.74 Å². The normalized spacial score (nSPS) is 19.4. The van der Waals surface area contributed by atoms with Crippen molar-refractivity contribution in [3.05, 3.63) is 47.8 Å². The maximum atomic E-state index is 9.11. The van der Waals surface area contributed by atoms with E-state index < -0.39 is 0 Å². The Balaban J connectivity index is 1.86. The first-order valence-electron chi connectivity index (χ1n) is 7.32. The molecule has 4 rings (SSSR count). The molecule has 4 heteroatoms. The summed E-state index contributed by atoms with van der Waals surface area (Å²) in [4.78, 5) is 2.34. The van der Waals surface area contributed by atoms with E-state index in [1.807, 2.05) is 18.2 Å². The van der Waals surface area contributed by atoms with Crippen molar-refractivity contribution in [3.8, 4) is 17.5 Å². The lowest BCUT2D eigenvalue weighted by Crippen LogP contribution is -2.47. The van der Waals surface area contributed by atoms with Crippen molar-refractivity contribution in [2.24, 2.45) is 0 Å². The topological polar surface area (TPSA) is 41.2 Å².